The summed E-state index contributed by atoms with van der Waals surface area (Å²) < 4.78 is 11.8. The molecule has 3 nitrogen and oxygen atoms in total. The van der Waals surface area contributed by atoms with Gasteiger partial charge in [-0.2, -0.15) is 0 Å². The Labute approximate surface area is 125 Å². The van der Waals surface area contributed by atoms with Crippen LogP contribution in [0.5, 0.6) is 0 Å². The summed E-state index contributed by atoms with van der Waals surface area (Å²) in [6.45, 7) is 9.23. The van der Waals surface area contributed by atoms with E-state index in [1.54, 1.807) is 0 Å². The molecule has 3 rings (SSSR count). The number of likely N-dealkylation sites (tertiary alicyclic amines) is 1. The predicted octanol–water partition coefficient (Wildman–Crippen LogP) is 3.22. The van der Waals surface area contributed by atoms with Crippen LogP contribution in [0, 0.1) is 6.92 Å². The molecule has 3 heterocycles. The Hall–Kier alpha value is -0.420. The molecular formula is C16H25NO2S. The van der Waals surface area contributed by atoms with Crippen molar-refractivity contribution in [1.29, 1.82) is 0 Å². The summed E-state index contributed by atoms with van der Waals surface area (Å²) in [6, 6.07) is 4.49. The van der Waals surface area contributed by atoms with E-state index in [1.165, 1.54) is 9.75 Å². The lowest BCUT2D eigenvalue weighted by atomic mass is 9.88. The number of rotatable bonds is 4. The molecular weight excluding hydrogens is 270 g/mol. The molecule has 0 aromatic carbocycles. The number of hydrogen-bond acceptors (Lipinski definition) is 4. The number of aryl methyl sites for hydroxylation is 1. The molecule has 1 spiro atoms. The first kappa shape index (κ1) is 14.5. The highest BCUT2D eigenvalue weighted by Gasteiger charge is 2.42. The minimum Gasteiger partial charge on any atom is -0.376 e. The maximum Gasteiger partial charge on any atom is 0.0836 e. The van der Waals surface area contributed by atoms with E-state index in [4.69, 9.17) is 9.47 Å². The normalized spacial score (nSPS) is 26.4. The van der Waals surface area contributed by atoms with Crippen molar-refractivity contribution in [3.05, 3.63) is 21.9 Å². The Morgan fingerprint density at radius 3 is 2.85 bits per heavy atom. The van der Waals surface area contributed by atoms with Gasteiger partial charge in [-0.25, -0.2) is 0 Å². The summed E-state index contributed by atoms with van der Waals surface area (Å²) in [5.41, 5.74) is 0.113. The van der Waals surface area contributed by atoms with Gasteiger partial charge >= 0.3 is 0 Å². The fourth-order valence-electron chi connectivity index (χ4n) is 3.40. The summed E-state index contributed by atoms with van der Waals surface area (Å²) in [7, 11) is 0. The second kappa shape index (κ2) is 6.14. The summed E-state index contributed by atoms with van der Waals surface area (Å²) in [5.74, 6) is 0. The van der Waals surface area contributed by atoms with Crippen LogP contribution >= 0.6 is 11.3 Å². The van der Waals surface area contributed by atoms with Gasteiger partial charge in [0.15, 0.2) is 0 Å². The summed E-state index contributed by atoms with van der Waals surface area (Å²) in [6.07, 6.45) is 3.72. The number of ether oxygens (including phenoxy) is 2. The molecule has 1 unspecified atom stereocenters. The first-order chi connectivity index (χ1) is 9.69. The van der Waals surface area contributed by atoms with Crippen LogP contribution in [0.4, 0.5) is 0 Å². The van der Waals surface area contributed by atoms with Crippen LogP contribution in [0.1, 0.15) is 35.9 Å². The van der Waals surface area contributed by atoms with Crippen LogP contribution in [0.15, 0.2) is 12.1 Å². The van der Waals surface area contributed by atoms with Gasteiger partial charge in [0.1, 0.15) is 0 Å². The minimum atomic E-state index is 0.113. The van der Waals surface area contributed by atoms with Gasteiger partial charge in [-0.05, 0) is 38.8 Å². The molecule has 0 radical (unpaired) electrons. The van der Waals surface area contributed by atoms with Gasteiger partial charge in [0.05, 0.1) is 18.3 Å². The number of piperidine rings is 1. The largest absolute Gasteiger partial charge is 0.376 e. The van der Waals surface area contributed by atoms with Crippen molar-refractivity contribution >= 4 is 11.3 Å². The molecule has 2 saturated heterocycles. The van der Waals surface area contributed by atoms with E-state index in [1.807, 2.05) is 11.3 Å². The van der Waals surface area contributed by atoms with E-state index in [2.05, 4.69) is 30.9 Å². The third-order valence-corrected chi connectivity index (χ3v) is 5.51. The molecule has 1 aromatic rings. The van der Waals surface area contributed by atoms with Crippen molar-refractivity contribution in [2.24, 2.45) is 0 Å². The molecule has 0 N–H and O–H groups in total. The topological polar surface area (TPSA) is 21.7 Å². The lowest BCUT2D eigenvalue weighted by Gasteiger charge is -2.38. The Bertz CT molecular complexity index is 437. The van der Waals surface area contributed by atoms with E-state index in [9.17, 15) is 0 Å². The fraction of sp³-hybridized carbons (Fsp3) is 0.750. The molecule has 0 saturated carbocycles. The molecule has 112 valence electrons. The molecule has 1 aromatic heterocycles. The van der Waals surface area contributed by atoms with E-state index in [0.717, 1.165) is 52.1 Å². The second-order valence-electron chi connectivity index (χ2n) is 6.06. The number of thiophene rings is 1. The zero-order valence-corrected chi connectivity index (χ0v) is 13.4. The quantitative estimate of drug-likeness (QED) is 0.851. The van der Waals surface area contributed by atoms with Crippen molar-refractivity contribution in [2.45, 2.75) is 51.4 Å². The van der Waals surface area contributed by atoms with Crippen molar-refractivity contribution in [3.8, 4) is 0 Å². The first-order valence-corrected chi connectivity index (χ1v) is 8.54. The Balaban J connectivity index is 1.50. The number of nitrogens with zero attached hydrogens (tertiary/aromatic N) is 1. The number of hydrogen-bond donors (Lipinski definition) is 0. The third-order valence-electron chi connectivity index (χ3n) is 4.52. The molecule has 1 atom stereocenters. The zero-order valence-electron chi connectivity index (χ0n) is 12.6. The fourth-order valence-corrected chi connectivity index (χ4v) is 4.34. The standard InChI is InChI=1S/C16H25NO2S/c1-3-18-14-10-16(19-12-14)6-8-17(9-7-16)11-15-5-4-13(2)20-15/h4-5,14H,3,6-12H2,1-2H3. The van der Waals surface area contributed by atoms with Crippen LogP contribution in [0.3, 0.4) is 0 Å². The van der Waals surface area contributed by atoms with Gasteiger partial charge in [0.2, 0.25) is 0 Å². The molecule has 4 heteroatoms. The first-order valence-electron chi connectivity index (χ1n) is 7.72. The SMILES string of the molecule is CCOC1COC2(CCN(Cc3ccc(C)s3)CC2)C1. The highest BCUT2D eigenvalue weighted by Crippen LogP contribution is 2.37. The highest BCUT2D eigenvalue weighted by atomic mass is 32.1. The van der Waals surface area contributed by atoms with Crippen molar-refractivity contribution < 1.29 is 9.47 Å². The molecule has 0 amide bonds. The van der Waals surface area contributed by atoms with Crippen molar-refractivity contribution in [3.63, 3.8) is 0 Å². The zero-order chi connectivity index (χ0) is 14.0. The van der Waals surface area contributed by atoms with Gasteiger partial charge in [0.25, 0.3) is 0 Å². The highest BCUT2D eigenvalue weighted by molar-refractivity contribution is 7.11. The molecule has 0 bridgehead atoms. The van der Waals surface area contributed by atoms with Gasteiger partial charge in [0, 0.05) is 42.4 Å². The maximum absolute atomic E-state index is 6.10. The van der Waals surface area contributed by atoms with Gasteiger partial charge in [-0.1, -0.05) is 0 Å². The molecule has 20 heavy (non-hydrogen) atoms. The van der Waals surface area contributed by atoms with E-state index in [-0.39, 0.29) is 5.60 Å². The molecule has 0 aliphatic carbocycles. The van der Waals surface area contributed by atoms with Crippen LogP contribution in [0.25, 0.3) is 0 Å². The lowest BCUT2D eigenvalue weighted by Crippen LogP contribution is -2.43. The molecule has 2 fully saturated rings. The average molecular weight is 295 g/mol. The average Bonchev–Trinajstić information content (AvgIpc) is 3.01. The van der Waals surface area contributed by atoms with Crippen LogP contribution in [-0.4, -0.2) is 42.9 Å². The van der Waals surface area contributed by atoms with E-state index >= 15 is 0 Å². The lowest BCUT2D eigenvalue weighted by molar-refractivity contribution is -0.0463. The Morgan fingerprint density at radius 1 is 1.40 bits per heavy atom. The van der Waals surface area contributed by atoms with Crippen LogP contribution in [-0.2, 0) is 16.0 Å². The maximum atomic E-state index is 6.10. The summed E-state index contributed by atoms with van der Waals surface area (Å²) in [4.78, 5) is 5.46. The second-order valence-corrected chi connectivity index (χ2v) is 7.44. The Kier molecular flexibility index (Phi) is 4.46. The summed E-state index contributed by atoms with van der Waals surface area (Å²) >= 11 is 1.92. The summed E-state index contributed by atoms with van der Waals surface area (Å²) in [5, 5.41) is 0. The molecule has 2 aliphatic heterocycles. The Morgan fingerprint density at radius 2 is 2.20 bits per heavy atom. The van der Waals surface area contributed by atoms with Gasteiger partial charge < -0.3 is 9.47 Å². The van der Waals surface area contributed by atoms with Crippen LogP contribution in [0.2, 0.25) is 0 Å². The van der Waals surface area contributed by atoms with Crippen LogP contribution < -0.4 is 0 Å². The molecule has 2 aliphatic rings. The van der Waals surface area contributed by atoms with Crippen molar-refractivity contribution in [2.75, 3.05) is 26.3 Å². The monoisotopic (exact) mass is 295 g/mol. The third kappa shape index (κ3) is 3.25. The van der Waals surface area contributed by atoms with E-state index in [0.29, 0.717) is 6.10 Å². The smallest absolute Gasteiger partial charge is 0.0836 e. The minimum absolute atomic E-state index is 0.113. The van der Waals surface area contributed by atoms with Crippen molar-refractivity contribution in [1.82, 2.24) is 4.90 Å². The predicted molar refractivity (Wildman–Crippen MR) is 82.3 cm³/mol. The van der Waals surface area contributed by atoms with Gasteiger partial charge in [-0.3, -0.25) is 4.90 Å². The van der Waals surface area contributed by atoms with Gasteiger partial charge in [-0.15, -0.1) is 11.3 Å². The van der Waals surface area contributed by atoms with E-state index < -0.39 is 0 Å².